The van der Waals surface area contributed by atoms with E-state index in [9.17, 15) is 21.6 Å². The molecule has 0 spiro atoms. The van der Waals surface area contributed by atoms with Crippen LogP contribution >= 0.6 is 0 Å². The Morgan fingerprint density at radius 2 is 1.76 bits per heavy atom. The van der Waals surface area contributed by atoms with Crippen LogP contribution in [0.5, 0.6) is 0 Å². The standard InChI is InChI=1S/C10H8F3NO2S/c1-7-6-14(17(15,16)10(11,12)13)9-5-3-2-4-8(7)9/h2-6H,1H3. The van der Waals surface area contributed by atoms with Gasteiger partial charge in [0, 0.05) is 11.6 Å². The van der Waals surface area contributed by atoms with Crippen LogP contribution in [0.1, 0.15) is 5.56 Å². The summed E-state index contributed by atoms with van der Waals surface area (Å²) in [6.45, 7) is 1.56. The molecule has 92 valence electrons. The highest BCUT2D eigenvalue weighted by atomic mass is 32.2. The number of aryl methyl sites for hydroxylation is 1. The Morgan fingerprint density at radius 1 is 1.18 bits per heavy atom. The molecule has 1 aromatic heterocycles. The minimum absolute atomic E-state index is 0.0299. The molecule has 1 aromatic carbocycles. The fourth-order valence-corrected chi connectivity index (χ4v) is 2.56. The molecule has 0 atom stereocenters. The molecule has 0 amide bonds. The van der Waals surface area contributed by atoms with Gasteiger partial charge in [0.15, 0.2) is 0 Å². The summed E-state index contributed by atoms with van der Waals surface area (Å²) in [6, 6.07) is 6.04. The first-order valence-electron chi connectivity index (χ1n) is 4.63. The van der Waals surface area contributed by atoms with Gasteiger partial charge in [-0.3, -0.25) is 0 Å². The van der Waals surface area contributed by atoms with Crippen LogP contribution in [0.4, 0.5) is 13.2 Å². The number of benzene rings is 1. The van der Waals surface area contributed by atoms with E-state index in [4.69, 9.17) is 0 Å². The fraction of sp³-hybridized carbons (Fsp3) is 0.200. The normalized spacial score (nSPS) is 13.2. The van der Waals surface area contributed by atoms with Crippen molar-refractivity contribution in [2.75, 3.05) is 0 Å². The van der Waals surface area contributed by atoms with Crippen molar-refractivity contribution in [2.45, 2.75) is 12.4 Å². The van der Waals surface area contributed by atoms with Crippen molar-refractivity contribution < 1.29 is 21.6 Å². The predicted molar refractivity (Wildman–Crippen MR) is 57.0 cm³/mol. The molecule has 3 nitrogen and oxygen atoms in total. The summed E-state index contributed by atoms with van der Waals surface area (Å²) in [5.74, 6) is 0. The quantitative estimate of drug-likeness (QED) is 0.793. The van der Waals surface area contributed by atoms with Crippen molar-refractivity contribution in [1.29, 1.82) is 0 Å². The van der Waals surface area contributed by atoms with E-state index >= 15 is 0 Å². The average molecular weight is 263 g/mol. The van der Waals surface area contributed by atoms with Crippen LogP contribution in [0.15, 0.2) is 30.5 Å². The number of aromatic nitrogens is 1. The maximum absolute atomic E-state index is 12.4. The van der Waals surface area contributed by atoms with Gasteiger partial charge in [0.25, 0.3) is 0 Å². The molecule has 0 radical (unpaired) electrons. The average Bonchev–Trinajstić information content (AvgIpc) is 2.56. The van der Waals surface area contributed by atoms with E-state index < -0.39 is 15.5 Å². The second-order valence-electron chi connectivity index (χ2n) is 3.58. The first kappa shape index (κ1) is 12.0. The highest BCUT2D eigenvalue weighted by Gasteiger charge is 2.47. The van der Waals surface area contributed by atoms with Crippen molar-refractivity contribution in [3.05, 3.63) is 36.0 Å². The van der Waals surface area contributed by atoms with Gasteiger partial charge in [-0.15, -0.1) is 0 Å². The van der Waals surface area contributed by atoms with Crippen molar-refractivity contribution in [1.82, 2.24) is 3.97 Å². The number of para-hydroxylation sites is 1. The second-order valence-corrected chi connectivity index (χ2v) is 5.38. The smallest absolute Gasteiger partial charge is 0.237 e. The summed E-state index contributed by atoms with van der Waals surface area (Å²) in [4.78, 5) is 0. The molecule has 2 aromatic rings. The molecule has 0 N–H and O–H groups in total. The van der Waals surface area contributed by atoms with E-state index in [0.29, 0.717) is 10.9 Å². The van der Waals surface area contributed by atoms with Gasteiger partial charge >= 0.3 is 15.5 Å². The monoisotopic (exact) mass is 263 g/mol. The first-order valence-corrected chi connectivity index (χ1v) is 6.07. The third-order valence-corrected chi connectivity index (χ3v) is 3.83. The number of rotatable bonds is 1. The van der Waals surface area contributed by atoms with Crippen LogP contribution in [0.2, 0.25) is 0 Å². The lowest BCUT2D eigenvalue weighted by molar-refractivity contribution is -0.0445. The Labute approximate surface area is 95.5 Å². The van der Waals surface area contributed by atoms with E-state index in [2.05, 4.69) is 0 Å². The molecule has 0 bridgehead atoms. The van der Waals surface area contributed by atoms with Crippen LogP contribution in [0.3, 0.4) is 0 Å². The molecular formula is C10H8F3NO2S. The Balaban J connectivity index is 2.82. The lowest BCUT2D eigenvalue weighted by Crippen LogP contribution is -2.29. The second kappa shape index (κ2) is 3.49. The van der Waals surface area contributed by atoms with Gasteiger partial charge in [-0.1, -0.05) is 18.2 Å². The molecular weight excluding hydrogens is 255 g/mol. The largest absolute Gasteiger partial charge is 0.517 e. The molecule has 7 heteroatoms. The van der Waals surface area contributed by atoms with Crippen molar-refractivity contribution in [3.8, 4) is 0 Å². The van der Waals surface area contributed by atoms with Gasteiger partial charge in [0.2, 0.25) is 0 Å². The number of nitrogens with zero attached hydrogens (tertiary/aromatic N) is 1. The van der Waals surface area contributed by atoms with E-state index in [1.807, 2.05) is 0 Å². The molecule has 0 aliphatic heterocycles. The Kier molecular flexibility index (Phi) is 2.46. The number of halogens is 3. The molecule has 17 heavy (non-hydrogen) atoms. The molecule has 0 aliphatic carbocycles. The van der Waals surface area contributed by atoms with Crippen LogP contribution in [-0.2, 0) is 10.0 Å². The van der Waals surface area contributed by atoms with Gasteiger partial charge in [-0.05, 0) is 18.6 Å². The SMILES string of the molecule is Cc1cn(S(=O)(=O)C(F)(F)F)c2ccccc12. The zero-order chi connectivity index (χ0) is 12.8. The number of hydrogen-bond donors (Lipinski definition) is 0. The molecule has 0 fully saturated rings. The highest BCUT2D eigenvalue weighted by molar-refractivity contribution is 7.90. The summed E-state index contributed by atoms with van der Waals surface area (Å²) in [6.07, 6.45) is 0.980. The Morgan fingerprint density at radius 3 is 2.35 bits per heavy atom. The van der Waals surface area contributed by atoms with Gasteiger partial charge in [0.1, 0.15) is 0 Å². The molecule has 0 saturated carbocycles. The van der Waals surface area contributed by atoms with Crippen molar-refractivity contribution in [2.24, 2.45) is 0 Å². The summed E-state index contributed by atoms with van der Waals surface area (Å²) >= 11 is 0. The van der Waals surface area contributed by atoms with Gasteiger partial charge < -0.3 is 0 Å². The third-order valence-electron chi connectivity index (χ3n) is 2.43. The lowest BCUT2D eigenvalue weighted by Gasteiger charge is -2.09. The number of fused-ring (bicyclic) bond motifs is 1. The summed E-state index contributed by atoms with van der Waals surface area (Å²) < 4.78 is 60.3. The maximum Gasteiger partial charge on any atom is 0.517 e. The van der Waals surface area contributed by atoms with Gasteiger partial charge in [-0.25, -0.2) is 3.97 Å². The van der Waals surface area contributed by atoms with Crippen LogP contribution < -0.4 is 0 Å². The van der Waals surface area contributed by atoms with Gasteiger partial charge in [-0.2, -0.15) is 21.6 Å². The molecule has 0 saturated heterocycles. The zero-order valence-electron chi connectivity index (χ0n) is 8.69. The van der Waals surface area contributed by atoms with Crippen LogP contribution in [-0.4, -0.2) is 17.9 Å². The minimum atomic E-state index is -5.37. The van der Waals surface area contributed by atoms with Gasteiger partial charge in [0.05, 0.1) is 5.52 Å². The van der Waals surface area contributed by atoms with Crippen molar-refractivity contribution in [3.63, 3.8) is 0 Å². The predicted octanol–water partition coefficient (Wildman–Crippen LogP) is 2.65. The maximum atomic E-state index is 12.4. The lowest BCUT2D eigenvalue weighted by atomic mass is 10.2. The summed E-state index contributed by atoms with van der Waals surface area (Å²) in [5.41, 5.74) is -4.79. The van der Waals surface area contributed by atoms with E-state index in [1.165, 1.54) is 12.1 Å². The highest BCUT2D eigenvalue weighted by Crippen LogP contribution is 2.30. The number of hydrogen-bond acceptors (Lipinski definition) is 2. The third kappa shape index (κ3) is 1.70. The minimum Gasteiger partial charge on any atom is -0.237 e. The van der Waals surface area contributed by atoms with E-state index in [1.54, 1.807) is 19.1 Å². The topological polar surface area (TPSA) is 39.1 Å². The summed E-state index contributed by atoms with van der Waals surface area (Å²) in [7, 11) is -5.37. The molecule has 0 aliphatic rings. The zero-order valence-corrected chi connectivity index (χ0v) is 9.51. The van der Waals surface area contributed by atoms with Crippen LogP contribution in [0.25, 0.3) is 10.9 Å². The number of alkyl halides is 3. The first-order chi connectivity index (χ1) is 7.75. The van der Waals surface area contributed by atoms with E-state index in [-0.39, 0.29) is 9.49 Å². The Hall–Kier alpha value is -1.50. The molecule has 1 heterocycles. The van der Waals surface area contributed by atoms with E-state index in [0.717, 1.165) is 6.20 Å². The fourth-order valence-electron chi connectivity index (χ4n) is 1.62. The molecule has 2 rings (SSSR count). The Bertz CT molecular complexity index is 670. The van der Waals surface area contributed by atoms with Crippen molar-refractivity contribution >= 4 is 20.9 Å². The van der Waals surface area contributed by atoms with Crippen LogP contribution in [0, 0.1) is 6.92 Å². The summed E-state index contributed by atoms with van der Waals surface area (Å²) in [5, 5.41) is 0.486. The molecule has 0 unspecified atom stereocenters.